The molecule has 0 saturated carbocycles. The van der Waals surface area contributed by atoms with Gasteiger partial charge in [0.2, 0.25) is 0 Å². The van der Waals surface area contributed by atoms with Crippen molar-refractivity contribution in [2.45, 2.75) is 45.5 Å². The summed E-state index contributed by atoms with van der Waals surface area (Å²) in [7, 11) is 0. The lowest BCUT2D eigenvalue weighted by Gasteiger charge is -2.13. The number of aryl methyl sites for hydroxylation is 1. The Hall–Kier alpha value is -2.76. The van der Waals surface area contributed by atoms with Crippen LogP contribution >= 0.6 is 0 Å². The molecule has 0 aliphatic rings. The summed E-state index contributed by atoms with van der Waals surface area (Å²) in [6.45, 7) is 2.89. The molecule has 0 aliphatic carbocycles. The Labute approximate surface area is 162 Å². The van der Waals surface area contributed by atoms with Crippen molar-refractivity contribution in [2.24, 2.45) is 0 Å². The van der Waals surface area contributed by atoms with Crippen molar-refractivity contribution < 1.29 is 17.9 Å². The molecule has 148 valence electrons. The van der Waals surface area contributed by atoms with Gasteiger partial charge in [-0.15, -0.1) is 13.2 Å². The summed E-state index contributed by atoms with van der Waals surface area (Å²) in [5.41, 5.74) is 3.25. The largest absolute Gasteiger partial charge is 0.573 e. The van der Waals surface area contributed by atoms with E-state index in [0.29, 0.717) is 6.42 Å². The van der Waals surface area contributed by atoms with Crippen LogP contribution in [-0.4, -0.2) is 15.9 Å². The number of unbranched alkanes of at least 4 members (excludes halogenated alkanes) is 1. The fourth-order valence-corrected chi connectivity index (χ4v) is 3.14. The number of ether oxygens (including phenoxy) is 1. The summed E-state index contributed by atoms with van der Waals surface area (Å²) in [4.78, 5) is 4.46. The number of rotatable bonds is 8. The van der Waals surface area contributed by atoms with Crippen molar-refractivity contribution in [3.8, 4) is 5.75 Å². The first-order valence-electron chi connectivity index (χ1n) is 9.36. The molecular formula is C22H23F3N2O. The van der Waals surface area contributed by atoms with E-state index in [1.807, 2.05) is 24.5 Å². The maximum atomic E-state index is 12.3. The standard InChI is InChI=1S/C22H23F3N2O/c1-2-3-8-21-26-13-14-27(21)16-19-7-5-4-6-18(19)15-17-9-11-20(12-10-17)28-22(23,24)25/h4-7,9-14H,2-3,8,15-16H2,1H3. The van der Waals surface area contributed by atoms with Crippen molar-refractivity contribution in [1.29, 1.82) is 0 Å². The molecule has 3 nitrogen and oxygen atoms in total. The number of nitrogens with zero attached hydrogens (tertiary/aromatic N) is 2. The van der Waals surface area contributed by atoms with Gasteiger partial charge in [-0.3, -0.25) is 0 Å². The lowest BCUT2D eigenvalue weighted by atomic mass is 9.99. The maximum Gasteiger partial charge on any atom is 0.573 e. The Kier molecular flexibility index (Phi) is 6.39. The zero-order valence-corrected chi connectivity index (χ0v) is 15.7. The second kappa shape index (κ2) is 8.95. The Morgan fingerprint density at radius 1 is 1.00 bits per heavy atom. The number of hydrogen-bond acceptors (Lipinski definition) is 2. The molecule has 0 spiro atoms. The van der Waals surface area contributed by atoms with Crippen LogP contribution in [0.3, 0.4) is 0 Å². The average Bonchev–Trinajstić information content (AvgIpc) is 3.09. The van der Waals surface area contributed by atoms with E-state index in [2.05, 4.69) is 33.3 Å². The molecular weight excluding hydrogens is 365 g/mol. The van der Waals surface area contributed by atoms with E-state index in [4.69, 9.17) is 0 Å². The SMILES string of the molecule is CCCCc1nccn1Cc1ccccc1Cc1ccc(OC(F)(F)F)cc1. The van der Waals surface area contributed by atoms with Crippen molar-refractivity contribution in [2.75, 3.05) is 0 Å². The van der Waals surface area contributed by atoms with Gasteiger partial charge >= 0.3 is 6.36 Å². The zero-order chi connectivity index (χ0) is 20.0. The highest BCUT2D eigenvalue weighted by atomic mass is 19.4. The van der Waals surface area contributed by atoms with Gasteiger partial charge in [0.05, 0.1) is 0 Å². The molecule has 0 atom stereocenters. The van der Waals surface area contributed by atoms with Crippen molar-refractivity contribution in [3.63, 3.8) is 0 Å². The van der Waals surface area contributed by atoms with Crippen LogP contribution in [0.2, 0.25) is 0 Å². The second-order valence-electron chi connectivity index (χ2n) is 6.71. The first-order chi connectivity index (χ1) is 13.4. The highest BCUT2D eigenvalue weighted by Gasteiger charge is 2.30. The van der Waals surface area contributed by atoms with Crippen LogP contribution in [0.4, 0.5) is 13.2 Å². The summed E-state index contributed by atoms with van der Waals surface area (Å²) in [5.74, 6) is 0.869. The van der Waals surface area contributed by atoms with E-state index in [9.17, 15) is 13.2 Å². The number of hydrogen-bond donors (Lipinski definition) is 0. The molecule has 0 aliphatic heterocycles. The van der Waals surface area contributed by atoms with Crippen LogP contribution in [0.5, 0.6) is 5.75 Å². The van der Waals surface area contributed by atoms with Gasteiger partial charge in [-0.2, -0.15) is 0 Å². The quantitative estimate of drug-likeness (QED) is 0.490. The van der Waals surface area contributed by atoms with Gasteiger partial charge in [0.1, 0.15) is 11.6 Å². The van der Waals surface area contributed by atoms with E-state index in [-0.39, 0.29) is 5.75 Å². The van der Waals surface area contributed by atoms with Gasteiger partial charge < -0.3 is 9.30 Å². The molecule has 1 heterocycles. The Balaban J connectivity index is 1.73. The third-order valence-electron chi connectivity index (χ3n) is 4.57. The topological polar surface area (TPSA) is 27.1 Å². The molecule has 6 heteroatoms. The van der Waals surface area contributed by atoms with Gasteiger partial charge in [-0.1, -0.05) is 49.7 Å². The Morgan fingerprint density at radius 3 is 2.39 bits per heavy atom. The highest BCUT2D eigenvalue weighted by molar-refractivity contribution is 5.35. The molecule has 0 amide bonds. The number of imidazole rings is 1. The van der Waals surface area contributed by atoms with Crippen LogP contribution in [0, 0.1) is 0 Å². The molecule has 2 aromatic carbocycles. The first kappa shape index (κ1) is 20.0. The van der Waals surface area contributed by atoms with Crippen LogP contribution < -0.4 is 4.74 Å². The van der Waals surface area contributed by atoms with Crippen LogP contribution in [0.1, 0.15) is 42.3 Å². The molecule has 3 rings (SSSR count). The fourth-order valence-electron chi connectivity index (χ4n) is 3.14. The molecule has 1 aromatic heterocycles. The molecule has 0 N–H and O–H groups in total. The summed E-state index contributed by atoms with van der Waals surface area (Å²) in [6.07, 6.45) is 2.96. The van der Waals surface area contributed by atoms with E-state index in [1.54, 1.807) is 12.1 Å². The third-order valence-corrected chi connectivity index (χ3v) is 4.57. The van der Waals surface area contributed by atoms with Crippen LogP contribution in [0.25, 0.3) is 0 Å². The first-order valence-corrected chi connectivity index (χ1v) is 9.36. The van der Waals surface area contributed by atoms with E-state index in [1.165, 1.54) is 17.7 Å². The zero-order valence-electron chi connectivity index (χ0n) is 15.7. The highest BCUT2D eigenvalue weighted by Crippen LogP contribution is 2.24. The smallest absolute Gasteiger partial charge is 0.406 e. The van der Waals surface area contributed by atoms with E-state index >= 15 is 0 Å². The predicted molar refractivity (Wildman–Crippen MR) is 102 cm³/mol. The summed E-state index contributed by atoms with van der Waals surface area (Å²) < 4.78 is 43.0. The van der Waals surface area contributed by atoms with Gasteiger partial charge in [0.15, 0.2) is 0 Å². The lowest BCUT2D eigenvalue weighted by molar-refractivity contribution is -0.274. The van der Waals surface area contributed by atoms with Crippen molar-refractivity contribution in [3.05, 3.63) is 83.4 Å². The van der Waals surface area contributed by atoms with Crippen LogP contribution in [-0.2, 0) is 19.4 Å². The molecule has 0 saturated heterocycles. The summed E-state index contributed by atoms with van der Waals surface area (Å²) >= 11 is 0. The van der Waals surface area contributed by atoms with Gasteiger partial charge in [-0.25, -0.2) is 4.98 Å². The normalized spacial score (nSPS) is 11.6. The minimum Gasteiger partial charge on any atom is -0.406 e. The van der Waals surface area contributed by atoms with Gasteiger partial charge in [-0.05, 0) is 41.7 Å². The minimum atomic E-state index is -4.67. The number of halogens is 3. The summed E-state index contributed by atoms with van der Waals surface area (Å²) in [6, 6.07) is 14.2. The van der Waals surface area contributed by atoms with Gasteiger partial charge in [0, 0.05) is 25.4 Å². The molecule has 28 heavy (non-hydrogen) atoms. The molecule has 0 radical (unpaired) electrons. The number of alkyl halides is 3. The second-order valence-corrected chi connectivity index (χ2v) is 6.71. The average molecular weight is 388 g/mol. The Morgan fingerprint density at radius 2 is 1.71 bits per heavy atom. The third kappa shape index (κ3) is 5.62. The molecule has 0 unspecified atom stereocenters. The van der Waals surface area contributed by atoms with E-state index < -0.39 is 6.36 Å². The van der Waals surface area contributed by atoms with Crippen molar-refractivity contribution >= 4 is 0 Å². The monoisotopic (exact) mass is 388 g/mol. The van der Waals surface area contributed by atoms with Crippen LogP contribution in [0.15, 0.2) is 60.9 Å². The summed E-state index contributed by atoms with van der Waals surface area (Å²) in [5, 5.41) is 0. The molecule has 0 bridgehead atoms. The van der Waals surface area contributed by atoms with Crippen molar-refractivity contribution in [1.82, 2.24) is 9.55 Å². The minimum absolute atomic E-state index is 0.205. The van der Waals surface area contributed by atoms with Gasteiger partial charge in [0.25, 0.3) is 0 Å². The number of aromatic nitrogens is 2. The van der Waals surface area contributed by atoms with E-state index in [0.717, 1.165) is 42.8 Å². The molecule has 0 fully saturated rings. The lowest BCUT2D eigenvalue weighted by Crippen LogP contribution is -2.17. The Bertz CT molecular complexity index is 885. The maximum absolute atomic E-state index is 12.3. The number of benzene rings is 2. The molecule has 3 aromatic rings. The fraction of sp³-hybridized carbons (Fsp3) is 0.318. The predicted octanol–water partition coefficient (Wildman–Crippen LogP) is 5.76.